The van der Waals surface area contributed by atoms with Gasteiger partial charge in [-0.1, -0.05) is 35.9 Å². The maximum atomic E-state index is 12.6. The molecule has 0 spiro atoms. The predicted molar refractivity (Wildman–Crippen MR) is 115 cm³/mol. The van der Waals surface area contributed by atoms with Gasteiger partial charge in [0.15, 0.2) is 16.4 Å². The fourth-order valence-corrected chi connectivity index (χ4v) is 4.12. The standard InChI is InChI=1S/C22H19ClO6S/c1-28-17-5-3-4-14(10-17)18-8-6-15(11-21(18)30(2,26)27)19-12-16(23)7-9-20(19)29-13-22(24)25/h3-12H,13H2,1-2H3,(H,24,25). The normalized spacial score (nSPS) is 11.2. The van der Waals surface area contributed by atoms with Crippen LogP contribution >= 0.6 is 11.6 Å². The van der Waals surface area contributed by atoms with Crippen molar-refractivity contribution in [2.45, 2.75) is 4.90 Å². The summed E-state index contributed by atoms with van der Waals surface area (Å²) in [5, 5.41) is 9.31. The molecule has 0 bridgehead atoms. The molecule has 0 fully saturated rings. The minimum Gasteiger partial charge on any atom is -0.497 e. The maximum absolute atomic E-state index is 12.6. The number of aliphatic carboxylic acids is 1. The lowest BCUT2D eigenvalue weighted by Gasteiger charge is -2.15. The summed E-state index contributed by atoms with van der Waals surface area (Å²) in [5.74, 6) is -0.230. The van der Waals surface area contributed by atoms with E-state index in [4.69, 9.17) is 26.2 Å². The van der Waals surface area contributed by atoms with E-state index in [1.807, 2.05) is 0 Å². The molecule has 30 heavy (non-hydrogen) atoms. The summed E-state index contributed by atoms with van der Waals surface area (Å²) in [5.41, 5.74) is 2.24. The molecule has 8 heteroatoms. The summed E-state index contributed by atoms with van der Waals surface area (Å²) in [6, 6.07) is 16.8. The third-order valence-corrected chi connectivity index (χ3v) is 5.74. The molecule has 0 heterocycles. The van der Waals surface area contributed by atoms with Crippen LogP contribution in [0, 0.1) is 0 Å². The Morgan fingerprint density at radius 3 is 2.40 bits per heavy atom. The van der Waals surface area contributed by atoms with E-state index in [0.717, 1.165) is 6.26 Å². The molecule has 0 saturated heterocycles. The van der Waals surface area contributed by atoms with Gasteiger partial charge in [0.25, 0.3) is 0 Å². The zero-order valence-electron chi connectivity index (χ0n) is 16.3. The van der Waals surface area contributed by atoms with Gasteiger partial charge in [0.2, 0.25) is 0 Å². The van der Waals surface area contributed by atoms with Crippen molar-refractivity contribution >= 4 is 27.4 Å². The van der Waals surface area contributed by atoms with Gasteiger partial charge in [-0.3, -0.25) is 0 Å². The Bertz CT molecular complexity index is 1200. The summed E-state index contributed by atoms with van der Waals surface area (Å²) in [6.07, 6.45) is 1.13. The first-order chi connectivity index (χ1) is 14.2. The van der Waals surface area contributed by atoms with Gasteiger partial charge in [0, 0.05) is 22.4 Å². The molecule has 0 aliphatic heterocycles. The average Bonchev–Trinajstić information content (AvgIpc) is 2.71. The topological polar surface area (TPSA) is 89.9 Å². The summed E-state index contributed by atoms with van der Waals surface area (Å²) in [6.45, 7) is -0.532. The first kappa shape index (κ1) is 21.7. The van der Waals surface area contributed by atoms with Gasteiger partial charge in [-0.25, -0.2) is 13.2 Å². The van der Waals surface area contributed by atoms with Gasteiger partial charge in [-0.05, 0) is 47.5 Å². The molecule has 0 atom stereocenters. The number of halogens is 1. The molecule has 3 rings (SSSR count). The Kier molecular flexibility index (Phi) is 6.34. The Labute approximate surface area is 179 Å². The molecular formula is C22H19ClO6S. The third-order valence-electron chi connectivity index (χ3n) is 4.37. The van der Waals surface area contributed by atoms with Gasteiger partial charge in [0.05, 0.1) is 12.0 Å². The molecule has 1 N–H and O–H groups in total. The van der Waals surface area contributed by atoms with Gasteiger partial charge in [-0.2, -0.15) is 0 Å². The largest absolute Gasteiger partial charge is 0.497 e. The van der Waals surface area contributed by atoms with Crippen LogP contribution in [0.25, 0.3) is 22.3 Å². The number of methoxy groups -OCH3 is 1. The molecule has 0 amide bonds. The van der Waals surface area contributed by atoms with Gasteiger partial charge in [0.1, 0.15) is 11.5 Å². The summed E-state index contributed by atoms with van der Waals surface area (Å²) < 4.78 is 35.7. The number of carbonyl (C=O) groups is 1. The number of carboxylic acid groups (broad SMARTS) is 1. The number of benzene rings is 3. The number of rotatable bonds is 7. The maximum Gasteiger partial charge on any atom is 0.341 e. The van der Waals surface area contributed by atoms with Crippen LogP contribution in [0.15, 0.2) is 65.6 Å². The van der Waals surface area contributed by atoms with E-state index in [9.17, 15) is 13.2 Å². The predicted octanol–water partition coefficient (Wildman–Crippen LogP) is 4.55. The minimum atomic E-state index is -3.59. The van der Waals surface area contributed by atoms with E-state index in [1.165, 1.54) is 13.2 Å². The van der Waals surface area contributed by atoms with Crippen LogP contribution in [0.5, 0.6) is 11.5 Å². The van der Waals surface area contributed by atoms with Crippen molar-refractivity contribution in [2.24, 2.45) is 0 Å². The van der Waals surface area contributed by atoms with E-state index in [2.05, 4.69) is 0 Å². The Morgan fingerprint density at radius 1 is 1.00 bits per heavy atom. The van der Waals surface area contributed by atoms with Crippen LogP contribution in [-0.4, -0.2) is 39.5 Å². The Morgan fingerprint density at radius 2 is 1.73 bits per heavy atom. The fraction of sp³-hybridized carbons (Fsp3) is 0.136. The van der Waals surface area contributed by atoms with Crippen molar-refractivity contribution in [1.29, 1.82) is 0 Å². The van der Waals surface area contributed by atoms with Crippen LogP contribution in [-0.2, 0) is 14.6 Å². The second-order valence-corrected chi connectivity index (χ2v) is 8.96. The molecule has 3 aromatic carbocycles. The minimum absolute atomic E-state index is 0.123. The Balaban J connectivity index is 2.17. The van der Waals surface area contributed by atoms with Gasteiger partial charge >= 0.3 is 5.97 Å². The highest BCUT2D eigenvalue weighted by molar-refractivity contribution is 7.90. The molecule has 0 aromatic heterocycles. The summed E-state index contributed by atoms with van der Waals surface area (Å²) in [4.78, 5) is 11.0. The van der Waals surface area contributed by atoms with Gasteiger partial charge in [-0.15, -0.1) is 0 Å². The van der Waals surface area contributed by atoms with Crippen LogP contribution < -0.4 is 9.47 Å². The lowest BCUT2D eigenvalue weighted by molar-refractivity contribution is -0.139. The molecule has 0 unspecified atom stereocenters. The molecule has 0 aliphatic rings. The van der Waals surface area contributed by atoms with Crippen molar-refractivity contribution in [3.05, 3.63) is 65.7 Å². The molecule has 0 saturated carbocycles. The van der Waals surface area contributed by atoms with E-state index in [-0.39, 0.29) is 10.6 Å². The lowest BCUT2D eigenvalue weighted by atomic mass is 9.99. The molecular weight excluding hydrogens is 428 g/mol. The molecule has 156 valence electrons. The zero-order valence-corrected chi connectivity index (χ0v) is 17.8. The average molecular weight is 447 g/mol. The number of hydrogen-bond acceptors (Lipinski definition) is 5. The highest BCUT2D eigenvalue weighted by Crippen LogP contribution is 2.37. The number of hydrogen-bond donors (Lipinski definition) is 1. The number of sulfone groups is 1. The molecule has 0 aliphatic carbocycles. The summed E-state index contributed by atoms with van der Waals surface area (Å²) >= 11 is 6.12. The Hall–Kier alpha value is -3.03. The molecule has 3 aromatic rings. The van der Waals surface area contributed by atoms with Crippen LogP contribution in [0.3, 0.4) is 0 Å². The first-order valence-electron chi connectivity index (χ1n) is 8.82. The van der Waals surface area contributed by atoms with Crippen LogP contribution in [0.4, 0.5) is 0 Å². The first-order valence-corrected chi connectivity index (χ1v) is 11.1. The van der Waals surface area contributed by atoms with E-state index < -0.39 is 22.4 Å². The molecule has 6 nitrogen and oxygen atoms in total. The van der Waals surface area contributed by atoms with Crippen molar-refractivity contribution in [2.75, 3.05) is 20.0 Å². The second kappa shape index (κ2) is 8.77. The van der Waals surface area contributed by atoms with Crippen LogP contribution in [0.2, 0.25) is 5.02 Å². The van der Waals surface area contributed by atoms with E-state index >= 15 is 0 Å². The van der Waals surface area contributed by atoms with E-state index in [1.54, 1.807) is 54.6 Å². The smallest absolute Gasteiger partial charge is 0.341 e. The third kappa shape index (κ3) is 4.93. The van der Waals surface area contributed by atoms with Crippen LogP contribution in [0.1, 0.15) is 0 Å². The van der Waals surface area contributed by atoms with Crippen molar-refractivity contribution < 1.29 is 27.8 Å². The van der Waals surface area contributed by atoms with Crippen molar-refractivity contribution in [3.63, 3.8) is 0 Å². The highest BCUT2D eigenvalue weighted by Gasteiger charge is 2.18. The number of carboxylic acids is 1. The monoisotopic (exact) mass is 446 g/mol. The molecule has 0 radical (unpaired) electrons. The van der Waals surface area contributed by atoms with E-state index in [0.29, 0.717) is 33.0 Å². The number of ether oxygens (including phenoxy) is 2. The fourth-order valence-electron chi connectivity index (χ4n) is 3.02. The van der Waals surface area contributed by atoms with Crippen molar-refractivity contribution in [3.8, 4) is 33.8 Å². The highest BCUT2D eigenvalue weighted by atomic mass is 35.5. The zero-order chi connectivity index (χ0) is 21.9. The quantitative estimate of drug-likeness (QED) is 0.572. The lowest BCUT2D eigenvalue weighted by Crippen LogP contribution is -2.10. The second-order valence-electron chi connectivity index (χ2n) is 6.54. The van der Waals surface area contributed by atoms with Gasteiger partial charge < -0.3 is 14.6 Å². The SMILES string of the molecule is COc1cccc(-c2ccc(-c3cc(Cl)ccc3OCC(=O)O)cc2S(C)(=O)=O)c1. The summed E-state index contributed by atoms with van der Waals surface area (Å²) in [7, 11) is -2.05. The van der Waals surface area contributed by atoms with Crippen molar-refractivity contribution in [1.82, 2.24) is 0 Å².